The van der Waals surface area contributed by atoms with Crippen molar-refractivity contribution in [3.8, 4) is 0 Å². The molecule has 1 aromatic heterocycles. The lowest BCUT2D eigenvalue weighted by Gasteiger charge is -2.06. The van der Waals surface area contributed by atoms with E-state index in [2.05, 4.69) is 31.4 Å². The number of nitrogens with zero attached hydrogens (tertiary/aromatic N) is 2. The molecular formula is C9H7BrClN3S. The maximum atomic E-state index is 6.00. The van der Waals surface area contributed by atoms with Crippen molar-refractivity contribution < 1.29 is 0 Å². The topological polar surface area (TPSA) is 37.8 Å². The lowest BCUT2D eigenvalue weighted by atomic mass is 10.2. The van der Waals surface area contributed by atoms with Gasteiger partial charge in [-0.3, -0.25) is 0 Å². The molecule has 0 amide bonds. The van der Waals surface area contributed by atoms with Crippen LogP contribution in [0, 0.1) is 6.92 Å². The van der Waals surface area contributed by atoms with Crippen LogP contribution in [-0.2, 0) is 0 Å². The van der Waals surface area contributed by atoms with E-state index in [4.69, 9.17) is 11.6 Å². The number of aromatic nitrogens is 2. The van der Waals surface area contributed by atoms with E-state index in [-0.39, 0.29) is 0 Å². The fourth-order valence-corrected chi connectivity index (χ4v) is 2.31. The van der Waals surface area contributed by atoms with Crippen LogP contribution in [0.1, 0.15) is 5.56 Å². The minimum absolute atomic E-state index is 0.739. The average molecular weight is 305 g/mol. The third-order valence-corrected chi connectivity index (χ3v) is 3.59. The van der Waals surface area contributed by atoms with E-state index in [1.165, 1.54) is 11.3 Å². The van der Waals surface area contributed by atoms with E-state index < -0.39 is 0 Å². The summed E-state index contributed by atoms with van der Waals surface area (Å²) in [6, 6.07) is 5.71. The van der Waals surface area contributed by atoms with Crippen molar-refractivity contribution in [1.29, 1.82) is 0 Å². The zero-order valence-electron chi connectivity index (χ0n) is 7.79. The van der Waals surface area contributed by atoms with Gasteiger partial charge in [-0.2, -0.15) is 0 Å². The van der Waals surface area contributed by atoms with Crippen molar-refractivity contribution in [2.24, 2.45) is 0 Å². The highest BCUT2D eigenvalue weighted by Gasteiger charge is 2.05. The largest absolute Gasteiger partial charge is 0.330 e. The van der Waals surface area contributed by atoms with E-state index in [1.807, 2.05) is 25.1 Å². The molecule has 15 heavy (non-hydrogen) atoms. The maximum Gasteiger partial charge on any atom is 0.210 e. The molecule has 0 saturated carbocycles. The van der Waals surface area contributed by atoms with Crippen LogP contribution in [-0.4, -0.2) is 10.2 Å². The van der Waals surface area contributed by atoms with Crippen LogP contribution in [0.25, 0.3) is 0 Å². The lowest BCUT2D eigenvalue weighted by Crippen LogP contribution is -1.92. The molecule has 0 atom stereocenters. The predicted molar refractivity (Wildman–Crippen MR) is 67.1 cm³/mol. The summed E-state index contributed by atoms with van der Waals surface area (Å²) in [6.07, 6.45) is 0. The Morgan fingerprint density at radius 2 is 2.20 bits per heavy atom. The molecule has 0 bridgehead atoms. The van der Waals surface area contributed by atoms with Gasteiger partial charge in [0.2, 0.25) is 5.13 Å². The summed E-state index contributed by atoms with van der Waals surface area (Å²) in [7, 11) is 0. The molecule has 1 N–H and O–H groups in total. The van der Waals surface area contributed by atoms with Crippen molar-refractivity contribution in [2.45, 2.75) is 6.92 Å². The van der Waals surface area contributed by atoms with Gasteiger partial charge in [0.05, 0.1) is 0 Å². The van der Waals surface area contributed by atoms with Crippen LogP contribution in [0.3, 0.4) is 0 Å². The Bertz CT molecular complexity index is 486. The molecule has 0 aliphatic heterocycles. The first kappa shape index (κ1) is 10.9. The Balaban J connectivity index is 2.28. The Kier molecular flexibility index (Phi) is 3.23. The molecule has 78 valence electrons. The number of hydrogen-bond donors (Lipinski definition) is 1. The fourth-order valence-electron chi connectivity index (χ4n) is 1.11. The zero-order chi connectivity index (χ0) is 10.8. The summed E-state index contributed by atoms with van der Waals surface area (Å²) in [5.74, 6) is 0. The highest BCUT2D eigenvalue weighted by molar-refractivity contribution is 9.11. The predicted octanol–water partition coefficient (Wildman–Crippen LogP) is 4.01. The van der Waals surface area contributed by atoms with E-state index in [0.29, 0.717) is 0 Å². The molecule has 2 rings (SSSR count). The van der Waals surface area contributed by atoms with Gasteiger partial charge in [0, 0.05) is 10.7 Å². The van der Waals surface area contributed by atoms with Gasteiger partial charge in [0.25, 0.3) is 0 Å². The molecule has 0 aliphatic carbocycles. The second kappa shape index (κ2) is 4.47. The van der Waals surface area contributed by atoms with Crippen LogP contribution in [0.2, 0.25) is 5.02 Å². The quantitative estimate of drug-likeness (QED) is 0.911. The Morgan fingerprint density at radius 3 is 2.87 bits per heavy atom. The van der Waals surface area contributed by atoms with Crippen molar-refractivity contribution in [3.63, 3.8) is 0 Å². The third kappa shape index (κ3) is 2.48. The average Bonchev–Trinajstić information content (AvgIpc) is 2.59. The molecule has 2 aromatic rings. The SMILES string of the molecule is Cc1c(Cl)cccc1Nc1nnc(Br)s1. The van der Waals surface area contributed by atoms with Gasteiger partial charge in [-0.05, 0) is 40.5 Å². The molecule has 0 fully saturated rings. The van der Waals surface area contributed by atoms with Gasteiger partial charge in [-0.15, -0.1) is 10.2 Å². The zero-order valence-corrected chi connectivity index (χ0v) is 10.9. The monoisotopic (exact) mass is 303 g/mol. The van der Waals surface area contributed by atoms with Crippen LogP contribution in [0.4, 0.5) is 10.8 Å². The Hall–Kier alpha value is -0.650. The minimum Gasteiger partial charge on any atom is -0.330 e. The second-order valence-electron chi connectivity index (χ2n) is 2.90. The fraction of sp³-hybridized carbons (Fsp3) is 0.111. The summed E-state index contributed by atoms with van der Waals surface area (Å²) in [5, 5.41) is 12.5. The number of rotatable bonds is 2. The van der Waals surface area contributed by atoms with Crippen LogP contribution in [0.5, 0.6) is 0 Å². The van der Waals surface area contributed by atoms with Gasteiger partial charge in [-0.25, -0.2) is 0 Å². The van der Waals surface area contributed by atoms with Crippen molar-refractivity contribution >= 4 is 49.7 Å². The van der Waals surface area contributed by atoms with Gasteiger partial charge in [-0.1, -0.05) is 29.0 Å². The second-order valence-corrected chi connectivity index (χ2v) is 5.56. The Morgan fingerprint density at radius 1 is 1.40 bits per heavy atom. The summed E-state index contributed by atoms with van der Waals surface area (Å²) < 4.78 is 0.754. The number of hydrogen-bond acceptors (Lipinski definition) is 4. The molecule has 0 unspecified atom stereocenters. The van der Waals surface area contributed by atoms with E-state index >= 15 is 0 Å². The first-order valence-corrected chi connectivity index (χ1v) is 6.16. The van der Waals surface area contributed by atoms with Crippen LogP contribution in [0.15, 0.2) is 22.1 Å². The van der Waals surface area contributed by atoms with Crippen molar-refractivity contribution in [2.75, 3.05) is 5.32 Å². The molecular weight excluding hydrogens is 298 g/mol. The number of nitrogens with one attached hydrogen (secondary N) is 1. The number of anilines is 2. The molecule has 3 nitrogen and oxygen atoms in total. The smallest absolute Gasteiger partial charge is 0.210 e. The molecule has 6 heteroatoms. The summed E-state index contributed by atoms with van der Waals surface area (Å²) in [6.45, 7) is 1.96. The van der Waals surface area contributed by atoms with Gasteiger partial charge < -0.3 is 5.32 Å². The normalized spacial score (nSPS) is 10.3. The van der Waals surface area contributed by atoms with Crippen LogP contribution >= 0.6 is 38.9 Å². The van der Waals surface area contributed by atoms with Crippen molar-refractivity contribution in [3.05, 3.63) is 32.7 Å². The highest BCUT2D eigenvalue weighted by atomic mass is 79.9. The van der Waals surface area contributed by atoms with Gasteiger partial charge >= 0.3 is 0 Å². The first-order chi connectivity index (χ1) is 7.16. The van der Waals surface area contributed by atoms with E-state index in [1.54, 1.807) is 0 Å². The molecule has 0 aliphatic rings. The number of halogens is 2. The van der Waals surface area contributed by atoms with Crippen LogP contribution < -0.4 is 5.32 Å². The number of benzene rings is 1. The van der Waals surface area contributed by atoms with Gasteiger partial charge in [0.15, 0.2) is 3.92 Å². The molecule has 0 radical (unpaired) electrons. The molecule has 1 heterocycles. The van der Waals surface area contributed by atoms with E-state index in [9.17, 15) is 0 Å². The molecule has 0 spiro atoms. The highest BCUT2D eigenvalue weighted by Crippen LogP contribution is 2.28. The lowest BCUT2D eigenvalue weighted by molar-refractivity contribution is 1.07. The Labute approximate surface area is 105 Å². The van der Waals surface area contributed by atoms with Gasteiger partial charge in [0.1, 0.15) is 0 Å². The van der Waals surface area contributed by atoms with Crippen molar-refractivity contribution in [1.82, 2.24) is 10.2 Å². The minimum atomic E-state index is 0.739. The molecule has 0 saturated heterocycles. The molecule has 1 aromatic carbocycles. The van der Waals surface area contributed by atoms with E-state index in [0.717, 1.165) is 25.3 Å². The standard InChI is InChI=1S/C9H7BrClN3S/c1-5-6(11)3-2-4-7(5)12-9-14-13-8(10)15-9/h2-4H,1H3,(H,12,14). The maximum absolute atomic E-state index is 6.00. The summed E-state index contributed by atoms with van der Waals surface area (Å²) in [5.41, 5.74) is 1.96. The first-order valence-electron chi connectivity index (χ1n) is 4.18. The summed E-state index contributed by atoms with van der Waals surface area (Å²) in [4.78, 5) is 0. The summed E-state index contributed by atoms with van der Waals surface area (Å²) >= 11 is 10.7. The third-order valence-electron chi connectivity index (χ3n) is 1.91.